The summed E-state index contributed by atoms with van der Waals surface area (Å²) >= 11 is 11.9. The lowest BCUT2D eigenvalue weighted by Gasteiger charge is -2.09. The standard InChI is InChI=1S/C14H15Cl2N3O/c15-6-5-13-18-11-4-1-9(16)7-12(11)19(13)8-14(20)17-10-2-3-10/h1,4,7,10H,2-3,5-6,8H2,(H,17,20). The quantitative estimate of drug-likeness (QED) is 0.863. The van der Waals surface area contributed by atoms with E-state index >= 15 is 0 Å². The van der Waals surface area contributed by atoms with Gasteiger partial charge in [0.15, 0.2) is 0 Å². The Hall–Kier alpha value is -1.26. The number of hydrogen-bond donors (Lipinski definition) is 1. The minimum absolute atomic E-state index is 0.0163. The summed E-state index contributed by atoms with van der Waals surface area (Å²) in [6, 6.07) is 5.87. The number of nitrogens with one attached hydrogen (secondary N) is 1. The lowest BCUT2D eigenvalue weighted by molar-refractivity contribution is -0.121. The van der Waals surface area contributed by atoms with Crippen molar-refractivity contribution in [1.29, 1.82) is 0 Å². The molecule has 2 aromatic rings. The van der Waals surface area contributed by atoms with Gasteiger partial charge in [-0.25, -0.2) is 4.98 Å². The zero-order valence-electron chi connectivity index (χ0n) is 10.9. The largest absolute Gasteiger partial charge is 0.352 e. The first-order chi connectivity index (χ1) is 9.67. The third-order valence-corrected chi connectivity index (χ3v) is 3.78. The summed E-state index contributed by atoms with van der Waals surface area (Å²) in [7, 11) is 0. The molecule has 1 aliphatic carbocycles. The third kappa shape index (κ3) is 2.91. The molecule has 0 aliphatic heterocycles. The van der Waals surface area contributed by atoms with E-state index < -0.39 is 0 Å². The fourth-order valence-corrected chi connectivity index (χ4v) is 2.58. The van der Waals surface area contributed by atoms with Gasteiger partial charge in [-0.15, -0.1) is 11.6 Å². The van der Waals surface area contributed by atoms with Crippen molar-refractivity contribution in [2.75, 3.05) is 5.88 Å². The Morgan fingerprint density at radius 1 is 1.45 bits per heavy atom. The maximum absolute atomic E-state index is 12.0. The fraction of sp³-hybridized carbons (Fsp3) is 0.429. The SMILES string of the molecule is O=C(Cn1c(CCCl)nc2ccc(Cl)cc21)NC1CC1. The second kappa shape index (κ2) is 5.62. The molecule has 1 saturated carbocycles. The van der Waals surface area contributed by atoms with Gasteiger partial charge in [-0.05, 0) is 31.0 Å². The number of alkyl halides is 1. The monoisotopic (exact) mass is 311 g/mol. The maximum atomic E-state index is 12.0. The van der Waals surface area contributed by atoms with E-state index in [9.17, 15) is 4.79 Å². The number of nitrogens with zero attached hydrogens (tertiary/aromatic N) is 2. The Morgan fingerprint density at radius 2 is 2.25 bits per heavy atom. The molecule has 3 rings (SSSR count). The molecule has 0 spiro atoms. The number of hydrogen-bond acceptors (Lipinski definition) is 2. The summed E-state index contributed by atoms with van der Waals surface area (Å²) < 4.78 is 1.90. The number of benzene rings is 1. The van der Waals surface area contributed by atoms with Crippen LogP contribution in [0.4, 0.5) is 0 Å². The number of fused-ring (bicyclic) bond motifs is 1. The fourth-order valence-electron chi connectivity index (χ4n) is 2.24. The molecule has 0 radical (unpaired) electrons. The molecule has 1 aromatic heterocycles. The molecular weight excluding hydrogens is 297 g/mol. The van der Waals surface area contributed by atoms with Crippen LogP contribution in [-0.2, 0) is 17.8 Å². The number of carbonyl (C=O) groups excluding carboxylic acids is 1. The molecule has 1 fully saturated rings. The Morgan fingerprint density at radius 3 is 2.95 bits per heavy atom. The van der Waals surface area contributed by atoms with Crippen molar-refractivity contribution in [2.45, 2.75) is 31.8 Å². The van der Waals surface area contributed by atoms with Crippen molar-refractivity contribution in [3.05, 3.63) is 29.0 Å². The number of halogens is 2. The van der Waals surface area contributed by atoms with Gasteiger partial charge in [0.1, 0.15) is 12.4 Å². The van der Waals surface area contributed by atoms with Gasteiger partial charge in [-0.2, -0.15) is 0 Å². The van der Waals surface area contributed by atoms with Crippen molar-refractivity contribution in [3.8, 4) is 0 Å². The second-order valence-electron chi connectivity index (χ2n) is 5.03. The Labute approximate surface area is 127 Å². The molecule has 1 amide bonds. The van der Waals surface area contributed by atoms with Crippen LogP contribution in [0, 0.1) is 0 Å². The summed E-state index contributed by atoms with van der Waals surface area (Å²) in [4.78, 5) is 16.6. The highest BCUT2D eigenvalue weighted by molar-refractivity contribution is 6.31. The van der Waals surface area contributed by atoms with Gasteiger partial charge >= 0.3 is 0 Å². The first kappa shape index (κ1) is 13.7. The lowest BCUT2D eigenvalue weighted by atomic mass is 10.3. The lowest BCUT2D eigenvalue weighted by Crippen LogP contribution is -2.29. The Kier molecular flexibility index (Phi) is 3.85. The van der Waals surface area contributed by atoms with E-state index in [1.807, 2.05) is 16.7 Å². The van der Waals surface area contributed by atoms with Crippen LogP contribution in [0.3, 0.4) is 0 Å². The molecule has 20 heavy (non-hydrogen) atoms. The average Bonchev–Trinajstić information content (AvgIpc) is 3.15. The minimum Gasteiger partial charge on any atom is -0.352 e. The van der Waals surface area contributed by atoms with E-state index in [4.69, 9.17) is 23.2 Å². The average molecular weight is 312 g/mol. The van der Waals surface area contributed by atoms with Crippen LogP contribution in [0.5, 0.6) is 0 Å². The van der Waals surface area contributed by atoms with Crippen molar-refractivity contribution in [2.24, 2.45) is 0 Å². The first-order valence-corrected chi connectivity index (χ1v) is 7.58. The van der Waals surface area contributed by atoms with E-state index in [1.54, 1.807) is 6.07 Å². The molecule has 6 heteroatoms. The zero-order chi connectivity index (χ0) is 14.1. The number of rotatable bonds is 5. The van der Waals surface area contributed by atoms with Gasteiger partial charge in [-0.3, -0.25) is 4.79 Å². The molecule has 1 aromatic carbocycles. The third-order valence-electron chi connectivity index (χ3n) is 3.35. The van der Waals surface area contributed by atoms with E-state index in [-0.39, 0.29) is 12.5 Å². The van der Waals surface area contributed by atoms with Gasteiger partial charge in [0.25, 0.3) is 0 Å². The van der Waals surface area contributed by atoms with Crippen LogP contribution in [0.15, 0.2) is 18.2 Å². The smallest absolute Gasteiger partial charge is 0.240 e. The highest BCUT2D eigenvalue weighted by Gasteiger charge is 2.24. The Bertz CT molecular complexity index is 649. The van der Waals surface area contributed by atoms with E-state index in [1.165, 1.54) is 0 Å². The van der Waals surface area contributed by atoms with Gasteiger partial charge in [-0.1, -0.05) is 11.6 Å². The molecule has 0 atom stereocenters. The van der Waals surface area contributed by atoms with Crippen LogP contribution in [0.1, 0.15) is 18.7 Å². The van der Waals surface area contributed by atoms with Gasteiger partial charge in [0, 0.05) is 23.4 Å². The maximum Gasteiger partial charge on any atom is 0.240 e. The predicted octanol–water partition coefficient (Wildman–Crippen LogP) is 2.75. The molecule has 0 bridgehead atoms. The van der Waals surface area contributed by atoms with Crippen LogP contribution in [-0.4, -0.2) is 27.4 Å². The Balaban J connectivity index is 1.93. The molecule has 0 saturated heterocycles. The van der Waals surface area contributed by atoms with Gasteiger partial charge < -0.3 is 9.88 Å². The van der Waals surface area contributed by atoms with Crippen LogP contribution >= 0.6 is 23.2 Å². The van der Waals surface area contributed by atoms with E-state index in [0.717, 1.165) is 29.7 Å². The molecule has 0 unspecified atom stereocenters. The van der Waals surface area contributed by atoms with Gasteiger partial charge in [0.2, 0.25) is 5.91 Å². The molecular formula is C14H15Cl2N3O. The van der Waals surface area contributed by atoms with Crippen LogP contribution in [0.2, 0.25) is 5.02 Å². The normalized spacial score (nSPS) is 14.7. The number of carbonyl (C=O) groups is 1. The van der Waals surface area contributed by atoms with Crippen molar-refractivity contribution in [3.63, 3.8) is 0 Å². The summed E-state index contributed by atoms with van der Waals surface area (Å²) in [5.41, 5.74) is 1.72. The highest BCUT2D eigenvalue weighted by Crippen LogP contribution is 2.22. The van der Waals surface area contributed by atoms with Crippen molar-refractivity contribution < 1.29 is 4.79 Å². The highest BCUT2D eigenvalue weighted by atomic mass is 35.5. The summed E-state index contributed by atoms with van der Waals surface area (Å²) in [5.74, 6) is 1.31. The van der Waals surface area contributed by atoms with E-state index in [2.05, 4.69) is 10.3 Å². The van der Waals surface area contributed by atoms with Crippen LogP contribution < -0.4 is 5.32 Å². The number of aryl methyl sites for hydroxylation is 1. The topological polar surface area (TPSA) is 46.9 Å². The zero-order valence-corrected chi connectivity index (χ0v) is 12.4. The molecule has 1 heterocycles. The van der Waals surface area contributed by atoms with E-state index in [0.29, 0.717) is 23.4 Å². The number of imidazole rings is 1. The molecule has 4 nitrogen and oxygen atoms in total. The summed E-state index contributed by atoms with van der Waals surface area (Å²) in [6.07, 6.45) is 2.79. The molecule has 1 aliphatic rings. The van der Waals surface area contributed by atoms with Gasteiger partial charge in [0.05, 0.1) is 11.0 Å². The first-order valence-electron chi connectivity index (χ1n) is 6.67. The van der Waals surface area contributed by atoms with Crippen molar-refractivity contribution >= 4 is 40.1 Å². The van der Waals surface area contributed by atoms with Crippen LogP contribution in [0.25, 0.3) is 11.0 Å². The molecule has 106 valence electrons. The summed E-state index contributed by atoms with van der Waals surface area (Å²) in [6.45, 7) is 0.263. The second-order valence-corrected chi connectivity index (χ2v) is 5.84. The van der Waals surface area contributed by atoms with Crippen molar-refractivity contribution in [1.82, 2.24) is 14.9 Å². The summed E-state index contributed by atoms with van der Waals surface area (Å²) in [5, 5.41) is 3.62. The minimum atomic E-state index is 0.0163. The number of amides is 1. The predicted molar refractivity (Wildman–Crippen MR) is 80.3 cm³/mol. The molecule has 1 N–H and O–H groups in total. The number of aromatic nitrogens is 2.